The van der Waals surface area contributed by atoms with Crippen molar-refractivity contribution >= 4 is 17.5 Å². The maximum Gasteiger partial charge on any atom is 0.270 e. The lowest BCUT2D eigenvalue weighted by Gasteiger charge is -2.47. The van der Waals surface area contributed by atoms with Gasteiger partial charge in [-0.3, -0.25) is 14.5 Å². The molecule has 0 bridgehead atoms. The number of piperazine rings is 1. The average Bonchev–Trinajstić information content (AvgIpc) is 3.52. The number of carbonyl (C=O) groups is 2. The van der Waals surface area contributed by atoms with E-state index in [9.17, 15) is 14.0 Å². The van der Waals surface area contributed by atoms with Gasteiger partial charge in [0.15, 0.2) is 0 Å². The van der Waals surface area contributed by atoms with Crippen LogP contribution in [-0.4, -0.2) is 78.8 Å². The minimum atomic E-state index is -1.11. The molecule has 0 radical (unpaired) electrons. The molecule has 0 spiro atoms. The number of rotatable bonds is 5. The van der Waals surface area contributed by atoms with Crippen molar-refractivity contribution in [1.82, 2.24) is 20.5 Å². The molecule has 5 aliphatic rings. The molecule has 2 saturated carbocycles. The van der Waals surface area contributed by atoms with E-state index >= 15 is 4.39 Å². The number of nitrogens with zero attached hydrogens (tertiary/aromatic N) is 3. The normalized spacial score (nSPS) is 34.6. The standard InChI is InChI=1S/C25H31F2N5O3/c26-20-14(1-4-16-21(20)30-24(33)17-7-12-35-22(16)17)13-31-8-10-32(11-9-31)19-6-5-18(29-23(19)27)25(34)28-15-2-3-15/h5-7,12,14-17,20-22H,1-4,8-11,13H2,(H,28,34)(H,30,33). The zero-order valence-corrected chi connectivity index (χ0v) is 19.5. The summed E-state index contributed by atoms with van der Waals surface area (Å²) in [7, 11) is 0. The number of aromatic nitrogens is 1. The highest BCUT2D eigenvalue weighted by atomic mass is 19.1. The van der Waals surface area contributed by atoms with Gasteiger partial charge in [-0.15, -0.1) is 0 Å². The van der Waals surface area contributed by atoms with Crippen LogP contribution in [0, 0.1) is 23.7 Å². The SMILES string of the molecule is O=C(NC1CC1)c1ccc(N2CCN(CC3CCC4C(NC(=O)C5C=COC54)C3F)CC2)c(F)n1. The van der Waals surface area contributed by atoms with Gasteiger partial charge in [0.1, 0.15) is 18.0 Å². The van der Waals surface area contributed by atoms with Crippen LogP contribution in [0.15, 0.2) is 24.5 Å². The summed E-state index contributed by atoms with van der Waals surface area (Å²) in [5, 5.41) is 5.74. The first kappa shape index (κ1) is 22.7. The number of hydrogen-bond acceptors (Lipinski definition) is 6. The zero-order valence-electron chi connectivity index (χ0n) is 19.5. The Morgan fingerprint density at radius 1 is 1.17 bits per heavy atom. The van der Waals surface area contributed by atoms with E-state index < -0.39 is 18.2 Å². The van der Waals surface area contributed by atoms with Gasteiger partial charge in [-0.05, 0) is 43.9 Å². The van der Waals surface area contributed by atoms with E-state index in [0.717, 1.165) is 25.7 Å². The molecule has 4 heterocycles. The van der Waals surface area contributed by atoms with Crippen LogP contribution in [0.25, 0.3) is 0 Å². The van der Waals surface area contributed by atoms with Gasteiger partial charge < -0.3 is 20.3 Å². The minimum Gasteiger partial charge on any atom is -0.497 e. The Hall–Kier alpha value is -2.75. The molecule has 2 amide bonds. The molecule has 1 aromatic heterocycles. The van der Waals surface area contributed by atoms with Gasteiger partial charge in [0.25, 0.3) is 5.91 Å². The maximum atomic E-state index is 15.5. The first-order valence-electron chi connectivity index (χ1n) is 12.7. The second-order valence-electron chi connectivity index (χ2n) is 10.5. The quantitative estimate of drug-likeness (QED) is 0.614. The molecule has 10 heteroatoms. The van der Waals surface area contributed by atoms with E-state index in [-0.39, 0.29) is 47.4 Å². The number of ether oxygens (including phenoxy) is 1. The molecule has 8 nitrogen and oxygen atoms in total. The molecule has 3 aliphatic heterocycles. The van der Waals surface area contributed by atoms with Crippen LogP contribution in [-0.2, 0) is 9.53 Å². The van der Waals surface area contributed by atoms with Gasteiger partial charge in [0.2, 0.25) is 11.9 Å². The summed E-state index contributed by atoms with van der Waals surface area (Å²) in [6.07, 6.45) is 5.49. The first-order chi connectivity index (χ1) is 17.0. The second kappa shape index (κ2) is 9.04. The zero-order chi connectivity index (χ0) is 24.1. The summed E-state index contributed by atoms with van der Waals surface area (Å²) in [4.78, 5) is 32.6. The number of fused-ring (bicyclic) bond motifs is 3. The molecular weight excluding hydrogens is 456 g/mol. The number of nitrogens with one attached hydrogen (secondary N) is 2. The van der Waals surface area contributed by atoms with Crippen LogP contribution in [0.3, 0.4) is 0 Å². The van der Waals surface area contributed by atoms with Crippen molar-refractivity contribution < 1.29 is 23.1 Å². The molecule has 2 aliphatic carbocycles. The predicted octanol–water partition coefficient (Wildman–Crippen LogP) is 1.63. The van der Waals surface area contributed by atoms with Crippen molar-refractivity contribution in [1.29, 1.82) is 0 Å². The monoisotopic (exact) mass is 487 g/mol. The first-order valence-corrected chi connectivity index (χ1v) is 12.7. The number of anilines is 1. The predicted molar refractivity (Wildman–Crippen MR) is 124 cm³/mol. The number of pyridine rings is 1. The molecule has 35 heavy (non-hydrogen) atoms. The number of carbonyl (C=O) groups excluding carboxylic acids is 2. The average molecular weight is 488 g/mol. The lowest BCUT2D eigenvalue weighted by Crippen LogP contribution is -2.63. The Labute approximate surface area is 203 Å². The van der Waals surface area contributed by atoms with Crippen LogP contribution < -0.4 is 15.5 Å². The van der Waals surface area contributed by atoms with E-state index in [1.807, 2.05) is 4.90 Å². The van der Waals surface area contributed by atoms with Crippen LogP contribution in [0.4, 0.5) is 14.5 Å². The van der Waals surface area contributed by atoms with Crippen LogP contribution >= 0.6 is 0 Å². The molecule has 1 aromatic rings. The van der Waals surface area contributed by atoms with Crippen molar-refractivity contribution in [2.75, 3.05) is 37.6 Å². The maximum absolute atomic E-state index is 15.5. The Morgan fingerprint density at radius 2 is 1.97 bits per heavy atom. The summed E-state index contributed by atoms with van der Waals surface area (Å²) in [5.74, 6) is -1.58. The molecule has 0 aromatic carbocycles. The van der Waals surface area contributed by atoms with E-state index in [1.165, 1.54) is 0 Å². The third kappa shape index (κ3) is 4.37. The highest BCUT2D eigenvalue weighted by molar-refractivity contribution is 5.92. The Bertz CT molecular complexity index is 1030. The van der Waals surface area contributed by atoms with Crippen molar-refractivity contribution in [3.05, 3.63) is 36.1 Å². The Balaban J connectivity index is 1.03. The number of amides is 2. The van der Waals surface area contributed by atoms with Gasteiger partial charge in [-0.25, -0.2) is 9.37 Å². The second-order valence-corrected chi connectivity index (χ2v) is 10.5. The highest BCUT2D eigenvalue weighted by Crippen LogP contribution is 2.42. The Morgan fingerprint density at radius 3 is 2.71 bits per heavy atom. The minimum absolute atomic E-state index is 0.000556. The lowest BCUT2D eigenvalue weighted by atomic mass is 9.69. The highest BCUT2D eigenvalue weighted by Gasteiger charge is 2.52. The molecule has 6 atom stereocenters. The van der Waals surface area contributed by atoms with Gasteiger partial charge in [-0.2, -0.15) is 4.39 Å². The number of piperidine rings is 1. The van der Waals surface area contributed by atoms with E-state index in [2.05, 4.69) is 20.5 Å². The third-order valence-electron chi connectivity index (χ3n) is 8.21. The summed E-state index contributed by atoms with van der Waals surface area (Å²) in [5.41, 5.74) is 0.488. The molecule has 4 fully saturated rings. The van der Waals surface area contributed by atoms with Crippen molar-refractivity contribution in [3.63, 3.8) is 0 Å². The van der Waals surface area contributed by atoms with Gasteiger partial charge >= 0.3 is 0 Å². The van der Waals surface area contributed by atoms with Crippen molar-refractivity contribution in [2.24, 2.45) is 17.8 Å². The fraction of sp³-hybridized carbons (Fsp3) is 0.640. The summed E-state index contributed by atoms with van der Waals surface area (Å²) in [6, 6.07) is 2.89. The molecule has 188 valence electrons. The van der Waals surface area contributed by atoms with Gasteiger partial charge in [0, 0.05) is 50.6 Å². The van der Waals surface area contributed by atoms with Crippen LogP contribution in [0.5, 0.6) is 0 Å². The molecule has 6 unspecified atom stereocenters. The largest absolute Gasteiger partial charge is 0.497 e. The summed E-state index contributed by atoms with van der Waals surface area (Å²) in [6.45, 7) is 3.18. The number of halogens is 2. The van der Waals surface area contributed by atoms with E-state index in [0.29, 0.717) is 38.4 Å². The molecular formula is C25H31F2N5O3. The van der Waals surface area contributed by atoms with Crippen LogP contribution in [0.2, 0.25) is 0 Å². The molecule has 2 N–H and O–H groups in total. The topological polar surface area (TPSA) is 86.8 Å². The molecule has 6 rings (SSSR count). The van der Waals surface area contributed by atoms with E-state index in [1.54, 1.807) is 24.5 Å². The fourth-order valence-corrected chi connectivity index (χ4v) is 6.08. The van der Waals surface area contributed by atoms with Crippen molar-refractivity contribution in [3.8, 4) is 0 Å². The van der Waals surface area contributed by atoms with Gasteiger partial charge in [0.05, 0.1) is 23.9 Å². The smallest absolute Gasteiger partial charge is 0.270 e. The number of hydrogen-bond donors (Lipinski definition) is 2. The van der Waals surface area contributed by atoms with E-state index in [4.69, 9.17) is 4.74 Å². The van der Waals surface area contributed by atoms with Crippen LogP contribution in [0.1, 0.15) is 36.2 Å². The summed E-state index contributed by atoms with van der Waals surface area (Å²) >= 11 is 0. The third-order valence-corrected chi connectivity index (χ3v) is 8.21. The fourth-order valence-electron chi connectivity index (χ4n) is 6.08. The number of alkyl halides is 1. The van der Waals surface area contributed by atoms with Gasteiger partial charge in [-0.1, -0.05) is 0 Å². The lowest BCUT2D eigenvalue weighted by molar-refractivity contribution is -0.137. The van der Waals surface area contributed by atoms with Crippen molar-refractivity contribution in [2.45, 2.75) is 50.0 Å². The molecule has 2 saturated heterocycles. The summed E-state index contributed by atoms with van der Waals surface area (Å²) < 4.78 is 35.9. The Kier molecular flexibility index (Phi) is 5.86.